The molecule has 2 rings (SSSR count). The van der Waals surface area contributed by atoms with Gasteiger partial charge in [0.25, 0.3) is 0 Å². The van der Waals surface area contributed by atoms with Crippen LogP contribution in [0.3, 0.4) is 0 Å². The molecule has 1 aliphatic heterocycles. The van der Waals surface area contributed by atoms with Crippen LogP contribution in [0.15, 0.2) is 18.2 Å². The van der Waals surface area contributed by atoms with Crippen LogP contribution in [0.25, 0.3) is 0 Å². The van der Waals surface area contributed by atoms with E-state index in [0.29, 0.717) is 5.92 Å². The van der Waals surface area contributed by atoms with Crippen molar-refractivity contribution in [2.45, 2.75) is 40.0 Å². The molecule has 0 spiro atoms. The molecule has 0 aliphatic carbocycles. The smallest absolute Gasteiger partial charge is 0.0373 e. The summed E-state index contributed by atoms with van der Waals surface area (Å²) >= 11 is 0. The lowest BCUT2D eigenvalue weighted by molar-refractivity contribution is 0.864. The van der Waals surface area contributed by atoms with Gasteiger partial charge in [0.15, 0.2) is 0 Å². The van der Waals surface area contributed by atoms with Crippen molar-refractivity contribution in [1.82, 2.24) is 0 Å². The quantitative estimate of drug-likeness (QED) is 0.712. The lowest BCUT2D eigenvalue weighted by Gasteiger charge is -2.07. The van der Waals surface area contributed by atoms with Crippen LogP contribution >= 0.6 is 0 Å². The van der Waals surface area contributed by atoms with Crippen molar-refractivity contribution in [1.29, 1.82) is 0 Å². The molecule has 1 nitrogen and oxygen atoms in total. The maximum atomic E-state index is 3.37. The number of nitrogens with one attached hydrogen (secondary N) is 1. The number of anilines is 1. The van der Waals surface area contributed by atoms with Gasteiger partial charge in [0, 0.05) is 12.2 Å². The van der Waals surface area contributed by atoms with Gasteiger partial charge in [0.05, 0.1) is 0 Å². The Balaban J connectivity index is 0.000000461. The van der Waals surface area contributed by atoms with Crippen molar-refractivity contribution in [3.63, 3.8) is 0 Å². The first-order valence-corrected chi connectivity index (χ1v) is 5.64. The zero-order chi connectivity index (χ0) is 10.6. The molecule has 1 heterocycles. The second-order valence-electron chi connectivity index (χ2n) is 3.75. The topological polar surface area (TPSA) is 12.0 Å². The fraction of sp³-hybridized carbons (Fsp3) is 0.538. The van der Waals surface area contributed by atoms with Crippen LogP contribution < -0.4 is 5.32 Å². The van der Waals surface area contributed by atoms with E-state index in [2.05, 4.69) is 37.4 Å². The van der Waals surface area contributed by atoms with Gasteiger partial charge in [-0.2, -0.15) is 0 Å². The molecule has 1 aliphatic rings. The highest BCUT2D eigenvalue weighted by Crippen LogP contribution is 2.25. The monoisotopic (exact) mass is 191 g/mol. The molecule has 1 aromatic rings. The van der Waals surface area contributed by atoms with Crippen LogP contribution in [0.2, 0.25) is 0 Å². The summed E-state index contributed by atoms with van der Waals surface area (Å²) in [4.78, 5) is 0. The normalized spacial score (nSPS) is 12.9. The molecule has 0 unspecified atom stereocenters. The Bertz CT molecular complexity index is 289. The van der Waals surface area contributed by atoms with Gasteiger partial charge in [0.2, 0.25) is 0 Å². The number of benzene rings is 1. The largest absolute Gasteiger partial charge is 0.384 e. The molecule has 1 heteroatoms. The van der Waals surface area contributed by atoms with E-state index >= 15 is 0 Å². The van der Waals surface area contributed by atoms with Gasteiger partial charge in [0.1, 0.15) is 0 Å². The number of rotatable bonds is 1. The van der Waals surface area contributed by atoms with Crippen molar-refractivity contribution < 1.29 is 0 Å². The van der Waals surface area contributed by atoms with E-state index in [1.54, 1.807) is 0 Å². The van der Waals surface area contributed by atoms with E-state index in [1.807, 2.05) is 13.8 Å². The van der Waals surface area contributed by atoms with Gasteiger partial charge >= 0.3 is 0 Å². The molecule has 14 heavy (non-hydrogen) atoms. The molecular weight excluding hydrogens is 170 g/mol. The summed E-state index contributed by atoms with van der Waals surface area (Å²) in [6.07, 6.45) is 1.19. The third-order valence-corrected chi connectivity index (χ3v) is 2.51. The summed E-state index contributed by atoms with van der Waals surface area (Å²) in [5.41, 5.74) is 4.28. The zero-order valence-electron chi connectivity index (χ0n) is 9.72. The summed E-state index contributed by atoms with van der Waals surface area (Å²) in [6.45, 7) is 9.59. The van der Waals surface area contributed by atoms with E-state index in [9.17, 15) is 0 Å². The third-order valence-electron chi connectivity index (χ3n) is 2.51. The van der Waals surface area contributed by atoms with Gasteiger partial charge in [-0.25, -0.2) is 0 Å². The van der Waals surface area contributed by atoms with E-state index < -0.39 is 0 Å². The fourth-order valence-corrected chi connectivity index (χ4v) is 1.68. The predicted octanol–water partition coefficient (Wildman–Crippen LogP) is 3.80. The highest BCUT2D eigenvalue weighted by atomic mass is 14.9. The van der Waals surface area contributed by atoms with Crippen LogP contribution in [0.1, 0.15) is 44.7 Å². The fourth-order valence-electron chi connectivity index (χ4n) is 1.68. The first kappa shape index (κ1) is 11.1. The SMILES string of the molecule is CC.CC(C)c1ccc2c(c1)CCN2. The van der Waals surface area contributed by atoms with Crippen molar-refractivity contribution in [2.24, 2.45) is 0 Å². The van der Waals surface area contributed by atoms with E-state index in [0.717, 1.165) is 6.54 Å². The zero-order valence-corrected chi connectivity index (χ0v) is 9.72. The van der Waals surface area contributed by atoms with E-state index in [-0.39, 0.29) is 0 Å². The number of fused-ring (bicyclic) bond motifs is 1. The number of hydrogen-bond donors (Lipinski definition) is 1. The Labute approximate surface area is 87.5 Å². The first-order chi connectivity index (χ1) is 6.77. The molecule has 0 saturated carbocycles. The molecule has 1 aromatic carbocycles. The Morgan fingerprint density at radius 1 is 1.21 bits per heavy atom. The lowest BCUT2D eigenvalue weighted by Crippen LogP contribution is -1.90. The maximum Gasteiger partial charge on any atom is 0.0373 e. The maximum absolute atomic E-state index is 3.37. The molecule has 0 amide bonds. The number of hydrogen-bond acceptors (Lipinski definition) is 1. The second kappa shape index (κ2) is 5.04. The van der Waals surface area contributed by atoms with Crippen molar-refractivity contribution >= 4 is 5.69 Å². The van der Waals surface area contributed by atoms with Gasteiger partial charge in [-0.15, -0.1) is 0 Å². The third kappa shape index (κ3) is 2.28. The van der Waals surface area contributed by atoms with Crippen LogP contribution in [0.4, 0.5) is 5.69 Å². The standard InChI is InChI=1S/C11H15N.C2H6/c1-8(2)9-3-4-11-10(7-9)5-6-12-11;1-2/h3-4,7-8,12H,5-6H2,1-2H3;1-2H3. The van der Waals surface area contributed by atoms with Crippen LogP contribution in [-0.4, -0.2) is 6.54 Å². The Kier molecular flexibility index (Phi) is 3.99. The highest BCUT2D eigenvalue weighted by molar-refractivity contribution is 5.56. The molecule has 1 N–H and O–H groups in total. The summed E-state index contributed by atoms with van der Waals surface area (Å²) in [5, 5.41) is 3.37. The molecule has 0 saturated heterocycles. The summed E-state index contributed by atoms with van der Waals surface area (Å²) < 4.78 is 0. The van der Waals surface area contributed by atoms with Gasteiger partial charge in [-0.1, -0.05) is 39.8 Å². The van der Waals surface area contributed by atoms with Crippen LogP contribution in [0.5, 0.6) is 0 Å². The molecule has 0 fully saturated rings. The molecular formula is C13H21N. The Hall–Kier alpha value is -0.980. The minimum absolute atomic E-state index is 0.649. The molecule has 0 radical (unpaired) electrons. The molecule has 0 atom stereocenters. The Morgan fingerprint density at radius 3 is 2.57 bits per heavy atom. The average molecular weight is 191 g/mol. The first-order valence-electron chi connectivity index (χ1n) is 5.64. The van der Waals surface area contributed by atoms with Gasteiger partial charge in [-0.05, 0) is 29.5 Å². The Morgan fingerprint density at radius 2 is 1.93 bits per heavy atom. The van der Waals surface area contributed by atoms with Gasteiger partial charge < -0.3 is 5.32 Å². The minimum Gasteiger partial charge on any atom is -0.384 e. The van der Waals surface area contributed by atoms with Crippen LogP contribution in [-0.2, 0) is 6.42 Å². The van der Waals surface area contributed by atoms with E-state index in [4.69, 9.17) is 0 Å². The second-order valence-corrected chi connectivity index (χ2v) is 3.75. The van der Waals surface area contributed by atoms with E-state index in [1.165, 1.54) is 23.2 Å². The summed E-state index contributed by atoms with van der Waals surface area (Å²) in [5.74, 6) is 0.649. The molecule has 0 aromatic heterocycles. The molecule has 0 bridgehead atoms. The lowest BCUT2D eigenvalue weighted by atomic mass is 10.00. The van der Waals surface area contributed by atoms with Crippen molar-refractivity contribution in [3.8, 4) is 0 Å². The summed E-state index contributed by atoms with van der Waals surface area (Å²) in [7, 11) is 0. The van der Waals surface area contributed by atoms with Crippen molar-refractivity contribution in [2.75, 3.05) is 11.9 Å². The molecule has 78 valence electrons. The van der Waals surface area contributed by atoms with Gasteiger partial charge in [-0.3, -0.25) is 0 Å². The minimum atomic E-state index is 0.649. The predicted molar refractivity (Wildman–Crippen MR) is 64.1 cm³/mol. The highest BCUT2D eigenvalue weighted by Gasteiger charge is 2.10. The van der Waals surface area contributed by atoms with Crippen LogP contribution in [0, 0.1) is 0 Å². The van der Waals surface area contributed by atoms with Crippen molar-refractivity contribution in [3.05, 3.63) is 29.3 Å². The average Bonchev–Trinajstić information content (AvgIpc) is 2.67. The summed E-state index contributed by atoms with van der Waals surface area (Å²) in [6, 6.07) is 6.76.